The molecule has 0 unspecified atom stereocenters. The van der Waals surface area contributed by atoms with Gasteiger partial charge in [-0.1, -0.05) is 31.9 Å². The Morgan fingerprint density at radius 1 is 1.09 bits per heavy atom. The van der Waals surface area contributed by atoms with Crippen molar-refractivity contribution in [2.45, 2.75) is 6.18 Å². The van der Waals surface area contributed by atoms with Crippen molar-refractivity contribution in [3.8, 4) is 0 Å². The van der Waals surface area contributed by atoms with Crippen LogP contribution >= 0.6 is 31.9 Å². The van der Waals surface area contributed by atoms with Gasteiger partial charge in [-0.2, -0.15) is 13.2 Å². The van der Waals surface area contributed by atoms with Crippen LogP contribution in [0.15, 0.2) is 29.1 Å². The van der Waals surface area contributed by atoms with Crippen molar-refractivity contribution in [3.63, 3.8) is 0 Å². The second-order valence-electron chi connectivity index (χ2n) is 4.64. The Balaban J connectivity index is 2.61. The highest BCUT2D eigenvalue weighted by atomic mass is 79.9. The summed E-state index contributed by atoms with van der Waals surface area (Å²) in [7, 11) is 0. The van der Waals surface area contributed by atoms with E-state index in [2.05, 4.69) is 36.8 Å². The topological polar surface area (TPSA) is 36.1 Å². The number of nitrogens with one attached hydrogen (secondary N) is 1. The van der Waals surface area contributed by atoms with Crippen LogP contribution in [0.2, 0.25) is 0 Å². The van der Waals surface area contributed by atoms with E-state index in [1.54, 1.807) is 6.07 Å². The van der Waals surface area contributed by atoms with Crippen molar-refractivity contribution in [3.05, 3.63) is 40.2 Å². The van der Waals surface area contributed by atoms with Crippen LogP contribution in [0.5, 0.6) is 0 Å². The smallest absolute Gasteiger partial charge is 0.370 e. The lowest BCUT2D eigenvalue weighted by Crippen LogP contribution is -2.27. The highest BCUT2D eigenvalue weighted by Gasteiger charge is 2.33. The second-order valence-corrected chi connectivity index (χ2v) is 6.23. The first-order chi connectivity index (χ1) is 10.4. The highest BCUT2D eigenvalue weighted by molar-refractivity contribution is 9.09. The number of rotatable bonds is 5. The van der Waals surface area contributed by atoms with Crippen molar-refractivity contribution in [1.82, 2.24) is 4.98 Å². The standard InChI is InChI=1S/C14H13Br2F3N2O/c15-3-5-21(6-4-16)9-1-2-12-10(7-9)11(14(17,18)19)8-13(22)20-12/h1-2,7-8H,3-6H2,(H,20,22). The average Bonchev–Trinajstić information content (AvgIpc) is 2.44. The molecule has 0 spiro atoms. The van der Waals surface area contributed by atoms with Crippen LogP contribution in [0.4, 0.5) is 18.9 Å². The molecule has 0 aliphatic carbocycles. The number of pyridine rings is 1. The third-order valence-corrected chi connectivity index (χ3v) is 3.92. The first-order valence-corrected chi connectivity index (χ1v) is 8.72. The van der Waals surface area contributed by atoms with Gasteiger partial charge in [0.1, 0.15) is 0 Å². The zero-order valence-electron chi connectivity index (χ0n) is 11.4. The maximum Gasteiger partial charge on any atom is 0.417 e. The van der Waals surface area contributed by atoms with Gasteiger partial charge in [0.2, 0.25) is 5.56 Å². The minimum Gasteiger partial charge on any atom is -0.370 e. The predicted molar refractivity (Wildman–Crippen MR) is 89.4 cm³/mol. The molecule has 0 atom stereocenters. The summed E-state index contributed by atoms with van der Waals surface area (Å²) >= 11 is 6.68. The van der Waals surface area contributed by atoms with E-state index in [9.17, 15) is 18.0 Å². The molecule has 8 heteroatoms. The van der Waals surface area contributed by atoms with Gasteiger partial charge in [-0.3, -0.25) is 4.79 Å². The number of hydrogen-bond donors (Lipinski definition) is 1. The number of anilines is 1. The van der Waals surface area contributed by atoms with Crippen LogP contribution in [0.3, 0.4) is 0 Å². The van der Waals surface area contributed by atoms with Crippen LogP contribution < -0.4 is 10.5 Å². The van der Waals surface area contributed by atoms with Crippen molar-refractivity contribution in [2.24, 2.45) is 0 Å². The number of alkyl halides is 5. The molecule has 3 nitrogen and oxygen atoms in total. The van der Waals surface area contributed by atoms with Gasteiger partial charge < -0.3 is 9.88 Å². The molecule has 1 heterocycles. The lowest BCUT2D eigenvalue weighted by Gasteiger charge is -2.23. The minimum atomic E-state index is -4.57. The van der Waals surface area contributed by atoms with Gasteiger partial charge in [-0.15, -0.1) is 0 Å². The Labute approximate surface area is 141 Å². The molecule has 0 fully saturated rings. The molecule has 0 aliphatic rings. The predicted octanol–water partition coefficient (Wildman–Crippen LogP) is 4.14. The van der Waals surface area contributed by atoms with Gasteiger partial charge in [-0.05, 0) is 18.2 Å². The number of aromatic nitrogens is 1. The molecule has 0 saturated heterocycles. The maximum atomic E-state index is 13.1. The number of fused-ring (bicyclic) bond motifs is 1. The molecular weight excluding hydrogens is 429 g/mol. The molecule has 1 aromatic carbocycles. The molecule has 0 aliphatic heterocycles. The molecule has 2 rings (SSSR count). The fraction of sp³-hybridized carbons (Fsp3) is 0.357. The summed E-state index contributed by atoms with van der Waals surface area (Å²) in [6.07, 6.45) is -4.57. The van der Waals surface area contributed by atoms with Gasteiger partial charge in [0.25, 0.3) is 0 Å². The molecule has 22 heavy (non-hydrogen) atoms. The van der Waals surface area contributed by atoms with Gasteiger partial charge in [0.15, 0.2) is 0 Å². The first kappa shape index (κ1) is 17.3. The fourth-order valence-electron chi connectivity index (χ4n) is 2.25. The second kappa shape index (κ2) is 7.04. The van der Waals surface area contributed by atoms with E-state index in [1.165, 1.54) is 12.1 Å². The molecular formula is C14H13Br2F3N2O. The molecule has 1 aromatic heterocycles. The zero-order chi connectivity index (χ0) is 16.3. The van der Waals surface area contributed by atoms with E-state index in [0.29, 0.717) is 35.5 Å². The van der Waals surface area contributed by atoms with Gasteiger partial charge >= 0.3 is 6.18 Å². The molecule has 2 aromatic rings. The van der Waals surface area contributed by atoms with E-state index in [1.807, 2.05) is 4.90 Å². The highest BCUT2D eigenvalue weighted by Crippen LogP contribution is 2.34. The number of benzene rings is 1. The minimum absolute atomic E-state index is 0.00116. The molecule has 0 saturated carbocycles. The van der Waals surface area contributed by atoms with Crippen molar-refractivity contribution in [2.75, 3.05) is 28.6 Å². The van der Waals surface area contributed by atoms with E-state index < -0.39 is 17.3 Å². The van der Waals surface area contributed by atoms with Crippen molar-refractivity contribution in [1.29, 1.82) is 0 Å². The van der Waals surface area contributed by atoms with Crippen LogP contribution in [-0.4, -0.2) is 28.7 Å². The van der Waals surface area contributed by atoms with E-state index in [0.717, 1.165) is 0 Å². The molecule has 0 amide bonds. The summed E-state index contributed by atoms with van der Waals surface area (Å²) in [5.74, 6) is 0. The number of aromatic amines is 1. The summed E-state index contributed by atoms with van der Waals surface area (Å²) in [6.45, 7) is 1.34. The Hall–Kier alpha value is -1.02. The number of hydrogen-bond acceptors (Lipinski definition) is 2. The quantitative estimate of drug-likeness (QED) is 0.707. The fourth-order valence-corrected chi connectivity index (χ4v) is 3.10. The van der Waals surface area contributed by atoms with E-state index in [4.69, 9.17) is 0 Å². The Bertz CT molecular complexity index is 709. The zero-order valence-corrected chi connectivity index (χ0v) is 14.6. The molecule has 0 bridgehead atoms. The molecule has 0 radical (unpaired) electrons. The summed E-state index contributed by atoms with van der Waals surface area (Å²) in [4.78, 5) is 15.8. The van der Waals surface area contributed by atoms with Gasteiger partial charge in [0, 0.05) is 46.4 Å². The monoisotopic (exact) mass is 440 g/mol. The van der Waals surface area contributed by atoms with Gasteiger partial charge in [0.05, 0.1) is 5.56 Å². The largest absolute Gasteiger partial charge is 0.417 e. The molecule has 120 valence electrons. The number of H-pyrrole nitrogens is 1. The summed E-state index contributed by atoms with van der Waals surface area (Å²) in [5.41, 5.74) is -0.804. The van der Waals surface area contributed by atoms with Crippen molar-refractivity contribution >= 4 is 48.5 Å². The molecule has 1 N–H and O–H groups in total. The van der Waals surface area contributed by atoms with Crippen LogP contribution in [0.25, 0.3) is 10.9 Å². The van der Waals surface area contributed by atoms with Crippen molar-refractivity contribution < 1.29 is 13.2 Å². The maximum absolute atomic E-state index is 13.1. The van der Waals surface area contributed by atoms with Gasteiger partial charge in [-0.25, -0.2) is 0 Å². The lowest BCUT2D eigenvalue weighted by atomic mass is 10.1. The van der Waals surface area contributed by atoms with E-state index >= 15 is 0 Å². The van der Waals surface area contributed by atoms with Crippen LogP contribution in [0, 0.1) is 0 Å². The SMILES string of the molecule is O=c1cc(C(F)(F)F)c2cc(N(CCBr)CCBr)ccc2[nH]1. The van der Waals surface area contributed by atoms with Crippen LogP contribution in [0.1, 0.15) is 5.56 Å². The Kier molecular flexibility index (Phi) is 5.55. The number of halogens is 5. The van der Waals surface area contributed by atoms with Crippen LogP contribution in [-0.2, 0) is 6.18 Å². The average molecular weight is 442 g/mol. The van der Waals surface area contributed by atoms with E-state index in [-0.39, 0.29) is 10.9 Å². The summed E-state index contributed by atoms with van der Waals surface area (Å²) in [5, 5.41) is 1.41. The number of nitrogens with zero attached hydrogens (tertiary/aromatic N) is 1. The third kappa shape index (κ3) is 3.84. The lowest BCUT2D eigenvalue weighted by molar-refractivity contribution is -0.136. The Morgan fingerprint density at radius 3 is 2.27 bits per heavy atom. The first-order valence-electron chi connectivity index (χ1n) is 6.48. The third-order valence-electron chi connectivity index (χ3n) is 3.21. The normalized spacial score (nSPS) is 11.9. The summed E-state index contributed by atoms with van der Waals surface area (Å²) in [6, 6.07) is 5.30. The summed E-state index contributed by atoms with van der Waals surface area (Å²) < 4.78 is 39.4. The Morgan fingerprint density at radius 2 is 1.73 bits per heavy atom.